The van der Waals surface area contributed by atoms with Crippen molar-refractivity contribution in [3.63, 3.8) is 0 Å². The van der Waals surface area contributed by atoms with Gasteiger partial charge in [0, 0.05) is 41.6 Å². The number of aliphatic hydroxyl groups is 6. The Hall–Kier alpha value is -2.76. The van der Waals surface area contributed by atoms with Gasteiger partial charge in [0.25, 0.3) is 0 Å². The molecule has 1 aliphatic carbocycles. The fraction of sp³-hybridized carbons (Fsp3) is 0.696. The Morgan fingerprint density at radius 2 is 1.26 bits per heavy atom. The third-order valence-electron chi connectivity index (χ3n) is 14.6. The average Bonchev–Trinajstić information content (AvgIpc) is 3.88. The number of hydrogen-bond acceptors (Lipinski definition) is 21. The minimum absolute atomic E-state index is 0.00643. The molecule has 392 valence electrons. The molecule has 4 fully saturated rings. The second-order valence-electron chi connectivity index (χ2n) is 20.4. The first-order chi connectivity index (χ1) is 32.9. The summed E-state index contributed by atoms with van der Waals surface area (Å²) >= 11 is 12.9. The first-order valence-electron chi connectivity index (χ1n) is 23.5. The Bertz CT molecular complexity index is 2210. The lowest BCUT2D eigenvalue weighted by atomic mass is 9.65. The van der Waals surface area contributed by atoms with Crippen LogP contribution in [0.5, 0.6) is 5.75 Å². The van der Waals surface area contributed by atoms with Gasteiger partial charge in [0.2, 0.25) is 0 Å². The monoisotopic (exact) mass is 1030 g/mol. The van der Waals surface area contributed by atoms with E-state index in [0.29, 0.717) is 27.9 Å². The van der Waals surface area contributed by atoms with Crippen molar-refractivity contribution in [1.29, 1.82) is 0 Å². The molecule has 2 aromatic carbocycles. The molecule has 22 nitrogen and oxygen atoms in total. The third kappa shape index (κ3) is 11.6. The summed E-state index contributed by atoms with van der Waals surface area (Å²) in [6.07, 6.45) is -18.3. The molecule has 24 heteroatoms. The van der Waals surface area contributed by atoms with E-state index in [1.165, 1.54) is 4.68 Å². The van der Waals surface area contributed by atoms with Gasteiger partial charge in [-0.1, -0.05) is 81.2 Å². The maximum absolute atomic E-state index is 12.0. The van der Waals surface area contributed by atoms with Gasteiger partial charge in [-0.15, -0.1) is 5.10 Å². The lowest BCUT2D eigenvalue weighted by molar-refractivity contribution is -0.306. The number of halogens is 2. The van der Waals surface area contributed by atoms with Crippen LogP contribution >= 0.6 is 23.2 Å². The van der Waals surface area contributed by atoms with Crippen LogP contribution in [0.15, 0.2) is 42.6 Å². The highest BCUT2D eigenvalue weighted by Gasteiger charge is 2.54. The van der Waals surface area contributed by atoms with Crippen molar-refractivity contribution < 1.29 is 63.8 Å². The molecule has 0 bridgehead atoms. The van der Waals surface area contributed by atoms with Crippen LogP contribution in [-0.2, 0) is 53.4 Å². The Morgan fingerprint density at radius 3 is 1.84 bits per heavy atom. The maximum Gasteiger partial charge on any atom is 0.187 e. The van der Waals surface area contributed by atoms with Crippen LogP contribution in [0.3, 0.4) is 0 Å². The number of ether oxygens (including phenoxy) is 7. The number of aliphatic hydroxyl groups excluding tert-OH is 6. The highest BCUT2D eigenvalue weighted by atomic mass is 35.5. The predicted octanol–water partition coefficient (Wildman–Crippen LogP) is -1.80. The Morgan fingerprint density at radius 1 is 0.671 bits per heavy atom. The number of nitrogens with zero attached hydrogens (tertiary/aromatic N) is 3. The molecule has 4 heterocycles. The van der Waals surface area contributed by atoms with E-state index >= 15 is 0 Å². The first kappa shape index (κ1) is 55.0. The SMILES string of the molecule is CC(C)(C)C(C)(C)c1ccc(OCc2cn(C[C@H]3O[C@@H](O[C@@H]4[C@@H](O)[C@H](N)C[C@H](N)[C@@H]4O[C@H]4O[C@H](CN)[C@@H](O)[C@H](O)[C@H]4N)[C@H](O)[C@@H]3O[C@@H]3O[C@@H](CN)[C@H](O)[C@@H](O)[C@@H]3N)nn2)c(Cc2ccc(Cl)cc2Cl)c1. The number of hydrogen-bond donors (Lipinski definition) is 12. The zero-order valence-corrected chi connectivity index (χ0v) is 41.4. The number of aromatic nitrogens is 3. The standard InChI is InChI=1S/C46H71Cl2N9O13/c1-45(2,3)46(4,5)21-7-9-27(20(11-21)10-19-6-8-22(47)12-24(19)48)64-18-23-16-57(56-55-23)17-30-40(69-43-32(54)37(62)35(60)29(15-50)66-43)38(63)44(67-30)70-41-33(58)25(51)13-26(52)39(41)68-42-31(53)36(61)34(59)28(14-49)65-42/h6-9,11-12,16,25-26,28-44,58-63H,10,13-15,17-18,49-54H2,1-5H3/t25-,26+,28-,29+,30-,31-,32+,33+,34-,35+,36-,37+,38-,39+,40-,41-,42-,43+,44+/m1/s1. The number of rotatable bonds is 16. The van der Waals surface area contributed by atoms with Crippen LogP contribution in [0.2, 0.25) is 10.0 Å². The number of benzene rings is 2. The highest BCUT2D eigenvalue weighted by Crippen LogP contribution is 2.43. The van der Waals surface area contributed by atoms with E-state index in [1.807, 2.05) is 12.1 Å². The molecule has 0 amide bonds. The van der Waals surface area contributed by atoms with Crippen molar-refractivity contribution in [3.8, 4) is 5.75 Å². The summed E-state index contributed by atoms with van der Waals surface area (Å²) in [6, 6.07) is 7.13. The lowest BCUT2D eigenvalue weighted by Crippen LogP contribution is -2.68. The summed E-state index contributed by atoms with van der Waals surface area (Å²) in [5.41, 5.74) is 40.0. The van der Waals surface area contributed by atoms with E-state index < -0.39 is 116 Å². The first-order valence-corrected chi connectivity index (χ1v) is 24.2. The molecule has 1 saturated carbocycles. The Balaban J connectivity index is 1.12. The molecule has 3 saturated heterocycles. The van der Waals surface area contributed by atoms with Crippen LogP contribution in [-0.4, -0.2) is 175 Å². The summed E-state index contributed by atoms with van der Waals surface area (Å²) < 4.78 is 44.7. The molecule has 3 aromatic rings. The van der Waals surface area contributed by atoms with Crippen molar-refractivity contribution in [2.45, 2.75) is 182 Å². The molecular weight excluding hydrogens is 957 g/mol. The molecule has 0 unspecified atom stereocenters. The third-order valence-corrected chi connectivity index (χ3v) is 15.2. The normalized spacial score (nSPS) is 37.4. The molecule has 3 aliphatic heterocycles. The second kappa shape index (κ2) is 22.4. The van der Waals surface area contributed by atoms with E-state index in [2.05, 4.69) is 57.1 Å². The van der Waals surface area contributed by atoms with Crippen LogP contribution in [0, 0.1) is 5.41 Å². The molecule has 19 atom stereocenters. The second-order valence-corrected chi connectivity index (χ2v) is 21.2. The van der Waals surface area contributed by atoms with Gasteiger partial charge in [0.05, 0.1) is 30.9 Å². The largest absolute Gasteiger partial charge is 0.487 e. The topological polar surface area (TPSA) is 373 Å². The minimum atomic E-state index is -1.65. The molecule has 18 N–H and O–H groups in total. The van der Waals surface area contributed by atoms with E-state index in [9.17, 15) is 30.6 Å². The van der Waals surface area contributed by atoms with Gasteiger partial charge in [-0.25, -0.2) is 4.68 Å². The quantitative estimate of drug-likeness (QED) is 0.0753. The lowest BCUT2D eigenvalue weighted by Gasteiger charge is -2.47. The summed E-state index contributed by atoms with van der Waals surface area (Å²) in [5, 5.41) is 75.7. The smallest absolute Gasteiger partial charge is 0.187 e. The summed E-state index contributed by atoms with van der Waals surface area (Å²) in [4.78, 5) is 0. The van der Waals surface area contributed by atoms with Gasteiger partial charge in [-0.3, -0.25) is 0 Å². The molecule has 4 aliphatic rings. The van der Waals surface area contributed by atoms with Crippen molar-refractivity contribution in [1.82, 2.24) is 15.0 Å². The molecular formula is C46H71Cl2N9O13. The van der Waals surface area contributed by atoms with Gasteiger partial charge < -0.3 is 98.2 Å². The Labute approximate surface area is 416 Å². The molecule has 7 rings (SSSR count). The van der Waals surface area contributed by atoms with E-state index in [4.69, 9.17) is 90.8 Å². The van der Waals surface area contributed by atoms with Crippen LogP contribution < -0.4 is 39.1 Å². The van der Waals surface area contributed by atoms with E-state index in [1.54, 1.807) is 18.3 Å². The summed E-state index contributed by atoms with van der Waals surface area (Å²) in [6.45, 7) is 10.5. The van der Waals surface area contributed by atoms with Crippen molar-refractivity contribution in [3.05, 3.63) is 75.0 Å². The molecule has 0 spiro atoms. The van der Waals surface area contributed by atoms with Gasteiger partial charge in [0.15, 0.2) is 18.9 Å². The molecule has 70 heavy (non-hydrogen) atoms. The average molecular weight is 1030 g/mol. The zero-order chi connectivity index (χ0) is 51.1. The fourth-order valence-corrected chi connectivity index (χ4v) is 9.60. The zero-order valence-electron chi connectivity index (χ0n) is 39.9. The van der Waals surface area contributed by atoms with Gasteiger partial charge >= 0.3 is 0 Å². The number of nitrogens with two attached hydrogens (primary N) is 6. The van der Waals surface area contributed by atoms with Gasteiger partial charge in [-0.05, 0) is 52.1 Å². The minimum Gasteiger partial charge on any atom is -0.487 e. The molecule has 1 aromatic heterocycles. The summed E-state index contributed by atoms with van der Waals surface area (Å²) in [5.74, 6) is 0.605. The van der Waals surface area contributed by atoms with Gasteiger partial charge in [0.1, 0.15) is 85.2 Å². The van der Waals surface area contributed by atoms with Crippen molar-refractivity contribution in [2.75, 3.05) is 13.1 Å². The summed E-state index contributed by atoms with van der Waals surface area (Å²) in [7, 11) is 0. The highest BCUT2D eigenvalue weighted by molar-refractivity contribution is 6.35. The van der Waals surface area contributed by atoms with Crippen molar-refractivity contribution in [2.24, 2.45) is 39.8 Å². The van der Waals surface area contributed by atoms with Crippen LogP contribution in [0.1, 0.15) is 63.4 Å². The maximum atomic E-state index is 12.0. The Kier molecular flexibility index (Phi) is 17.6. The van der Waals surface area contributed by atoms with Crippen LogP contribution in [0.25, 0.3) is 0 Å². The predicted molar refractivity (Wildman–Crippen MR) is 254 cm³/mol. The van der Waals surface area contributed by atoms with Crippen molar-refractivity contribution >= 4 is 23.2 Å². The van der Waals surface area contributed by atoms with E-state index in [0.717, 1.165) is 16.7 Å². The fourth-order valence-electron chi connectivity index (χ4n) is 9.12. The van der Waals surface area contributed by atoms with Gasteiger partial charge in [-0.2, -0.15) is 0 Å². The van der Waals surface area contributed by atoms with E-state index in [-0.39, 0.29) is 43.5 Å². The van der Waals surface area contributed by atoms with Crippen LogP contribution in [0.4, 0.5) is 0 Å². The molecule has 0 radical (unpaired) electrons.